The molecule has 7 heteroatoms. The lowest BCUT2D eigenvalue weighted by atomic mass is 9.85. The molecule has 0 saturated heterocycles. The van der Waals surface area contributed by atoms with Crippen LogP contribution in [0.1, 0.15) is 39.5 Å². The van der Waals surface area contributed by atoms with Crippen LogP contribution in [0, 0.1) is 5.92 Å². The molecule has 0 amide bonds. The number of ketones is 1. The highest BCUT2D eigenvalue weighted by Crippen LogP contribution is 2.42. The van der Waals surface area contributed by atoms with E-state index in [9.17, 15) is 4.79 Å². The fraction of sp³-hybridized carbons (Fsp3) is 0.400. The maximum Gasteiger partial charge on any atom is 0.373 e. The fourth-order valence-corrected chi connectivity index (χ4v) is 3.61. The molecule has 142 valence electrons. The highest BCUT2D eigenvalue weighted by molar-refractivity contribution is 5.89. The highest BCUT2D eigenvalue weighted by atomic mass is 16.2. The summed E-state index contributed by atoms with van der Waals surface area (Å²) in [5, 5.41) is 0. The summed E-state index contributed by atoms with van der Waals surface area (Å²) in [6, 6.07) is 8.13. The van der Waals surface area contributed by atoms with E-state index in [-0.39, 0.29) is 23.8 Å². The van der Waals surface area contributed by atoms with Crippen LogP contribution in [-0.4, -0.2) is 27.6 Å². The number of hydrogen-bond donors (Lipinski definition) is 0. The summed E-state index contributed by atoms with van der Waals surface area (Å²) >= 11 is 0. The molecule has 0 atom stereocenters. The van der Waals surface area contributed by atoms with Crippen LogP contribution in [-0.2, 0) is 29.5 Å². The summed E-state index contributed by atoms with van der Waals surface area (Å²) in [5.74, 6) is 0.425. The Morgan fingerprint density at radius 2 is 1.67 bits per heavy atom. The first-order valence-electron chi connectivity index (χ1n) is 8.59. The number of pyridine rings is 1. The number of Topliss-reactive ketones (excluding diaryl/α,β-unsaturated/α-hetero) is 1. The molecule has 7 nitrogen and oxygen atoms in total. The second kappa shape index (κ2) is 10.8. The van der Waals surface area contributed by atoms with Crippen LogP contribution in [0.3, 0.4) is 0 Å². The Hall–Kier alpha value is -3.14. The van der Waals surface area contributed by atoms with Gasteiger partial charge in [-0.25, -0.2) is 0 Å². The number of carbonyl (C=O) groups is 1. The third-order valence-corrected chi connectivity index (χ3v) is 4.58. The molecular weight excluding hydrogens is 348 g/mol. The van der Waals surface area contributed by atoms with Gasteiger partial charge in [0.05, 0.1) is 5.69 Å². The van der Waals surface area contributed by atoms with E-state index in [4.69, 9.17) is 19.2 Å². The smallest absolute Gasteiger partial charge is 0.334 e. The van der Waals surface area contributed by atoms with E-state index >= 15 is 0 Å². The normalized spacial score (nSPS) is 14.0. The molecule has 0 aliphatic heterocycles. The molecule has 0 aromatic carbocycles. The number of carbonyl (C=O) groups excluding carboxylic acids is 5. The minimum absolute atomic E-state index is 0.0623. The molecule has 1 aliphatic carbocycles. The first-order valence-corrected chi connectivity index (χ1v) is 8.59. The SMILES string of the molecule is CC(C)C(=O)C1(n2cccc2-c2cccnc2)CCCC1.O=C=O.O=C=O. The zero-order valence-electron chi connectivity index (χ0n) is 15.4. The molecule has 0 spiro atoms. The van der Waals surface area contributed by atoms with Gasteiger partial charge in [-0.05, 0) is 37.1 Å². The first-order chi connectivity index (χ1) is 13.0. The van der Waals surface area contributed by atoms with Crippen LogP contribution >= 0.6 is 0 Å². The number of rotatable bonds is 4. The zero-order valence-corrected chi connectivity index (χ0v) is 15.4. The third kappa shape index (κ3) is 5.17. The van der Waals surface area contributed by atoms with E-state index in [0.717, 1.165) is 36.9 Å². The van der Waals surface area contributed by atoms with Crippen LogP contribution in [0.2, 0.25) is 0 Å². The van der Waals surface area contributed by atoms with Crippen molar-refractivity contribution in [1.82, 2.24) is 9.55 Å². The Kier molecular flexibility index (Phi) is 8.73. The molecule has 0 radical (unpaired) electrons. The van der Waals surface area contributed by atoms with E-state index < -0.39 is 0 Å². The second-order valence-electron chi connectivity index (χ2n) is 6.43. The van der Waals surface area contributed by atoms with Crippen molar-refractivity contribution in [3.8, 4) is 11.3 Å². The van der Waals surface area contributed by atoms with Crippen molar-refractivity contribution in [3.63, 3.8) is 0 Å². The van der Waals surface area contributed by atoms with Gasteiger partial charge in [0.15, 0.2) is 5.78 Å². The van der Waals surface area contributed by atoms with Gasteiger partial charge in [-0.3, -0.25) is 9.78 Å². The summed E-state index contributed by atoms with van der Waals surface area (Å²) < 4.78 is 2.21. The van der Waals surface area contributed by atoms with Crippen molar-refractivity contribution in [3.05, 3.63) is 42.9 Å². The lowest BCUT2D eigenvalue weighted by Crippen LogP contribution is -2.41. The van der Waals surface area contributed by atoms with Crippen molar-refractivity contribution < 1.29 is 24.0 Å². The Balaban J connectivity index is 0.000000540. The van der Waals surface area contributed by atoms with Gasteiger partial charge < -0.3 is 4.57 Å². The lowest BCUT2D eigenvalue weighted by Gasteiger charge is -2.33. The van der Waals surface area contributed by atoms with Crippen molar-refractivity contribution in [2.24, 2.45) is 5.92 Å². The highest BCUT2D eigenvalue weighted by Gasteiger charge is 2.44. The summed E-state index contributed by atoms with van der Waals surface area (Å²) in [6.45, 7) is 4.02. The van der Waals surface area contributed by atoms with Crippen LogP contribution in [0.5, 0.6) is 0 Å². The van der Waals surface area contributed by atoms with Gasteiger partial charge in [-0.2, -0.15) is 19.2 Å². The van der Waals surface area contributed by atoms with E-state index in [0.29, 0.717) is 5.78 Å². The monoisotopic (exact) mass is 370 g/mol. The maximum atomic E-state index is 12.9. The lowest BCUT2D eigenvalue weighted by molar-refractivity contribution is -0.193. The number of aromatic nitrogens is 2. The molecule has 1 fully saturated rings. The van der Waals surface area contributed by atoms with Crippen LogP contribution < -0.4 is 0 Å². The predicted octanol–water partition coefficient (Wildman–Crippen LogP) is 2.88. The van der Waals surface area contributed by atoms with Gasteiger partial charge >= 0.3 is 12.3 Å². The van der Waals surface area contributed by atoms with Crippen LogP contribution in [0.4, 0.5) is 0 Å². The van der Waals surface area contributed by atoms with Gasteiger partial charge in [-0.1, -0.05) is 26.7 Å². The Morgan fingerprint density at radius 3 is 2.15 bits per heavy atom. The van der Waals surface area contributed by atoms with Gasteiger partial charge in [0.1, 0.15) is 5.54 Å². The fourth-order valence-electron chi connectivity index (χ4n) is 3.61. The van der Waals surface area contributed by atoms with E-state index in [1.165, 1.54) is 0 Å². The number of hydrogen-bond acceptors (Lipinski definition) is 6. The molecule has 2 aromatic rings. The Bertz CT molecular complexity index is 781. The molecule has 0 bridgehead atoms. The van der Waals surface area contributed by atoms with E-state index in [1.54, 1.807) is 6.20 Å². The van der Waals surface area contributed by atoms with Crippen molar-refractivity contribution in [1.29, 1.82) is 0 Å². The quantitative estimate of drug-likeness (QED) is 0.820. The van der Waals surface area contributed by atoms with Crippen molar-refractivity contribution >= 4 is 18.1 Å². The van der Waals surface area contributed by atoms with Gasteiger partial charge in [0, 0.05) is 30.1 Å². The van der Waals surface area contributed by atoms with Crippen molar-refractivity contribution in [2.45, 2.75) is 45.1 Å². The van der Waals surface area contributed by atoms with Gasteiger partial charge in [-0.15, -0.1) is 0 Å². The van der Waals surface area contributed by atoms with Crippen LogP contribution in [0.25, 0.3) is 11.3 Å². The molecule has 2 heterocycles. The maximum absolute atomic E-state index is 12.9. The average molecular weight is 370 g/mol. The summed E-state index contributed by atoms with van der Waals surface area (Å²) in [5.41, 5.74) is 1.81. The first kappa shape index (κ1) is 21.9. The predicted molar refractivity (Wildman–Crippen MR) is 94.0 cm³/mol. The van der Waals surface area contributed by atoms with E-state index in [2.05, 4.69) is 27.9 Å². The summed E-state index contributed by atoms with van der Waals surface area (Å²) in [7, 11) is 0. The Morgan fingerprint density at radius 1 is 1.07 bits per heavy atom. The Labute approximate surface area is 157 Å². The molecule has 0 unspecified atom stereocenters. The standard InChI is InChI=1S/C18H22N2O.2CO2/c1-14(2)17(21)18(9-3-4-10-18)20-12-6-8-16(20)15-7-5-11-19-13-15;2*2-1-3/h5-8,11-14H,3-4,9-10H2,1-2H3;;. The topological polar surface area (TPSA) is 103 Å². The van der Waals surface area contributed by atoms with Crippen LogP contribution in [0.15, 0.2) is 42.9 Å². The third-order valence-electron chi connectivity index (χ3n) is 4.58. The summed E-state index contributed by atoms with van der Waals surface area (Å²) in [6.07, 6.45) is 10.4. The molecular formula is C20H22N2O5. The molecule has 27 heavy (non-hydrogen) atoms. The summed E-state index contributed by atoms with van der Waals surface area (Å²) in [4.78, 5) is 49.6. The molecule has 0 N–H and O–H groups in total. The molecule has 1 saturated carbocycles. The molecule has 2 aromatic heterocycles. The second-order valence-corrected chi connectivity index (χ2v) is 6.43. The molecule has 1 aliphatic rings. The largest absolute Gasteiger partial charge is 0.373 e. The van der Waals surface area contributed by atoms with E-state index in [1.807, 2.05) is 32.2 Å². The van der Waals surface area contributed by atoms with Gasteiger partial charge in [0.2, 0.25) is 0 Å². The average Bonchev–Trinajstić information content (AvgIpc) is 3.33. The minimum atomic E-state index is -0.358. The van der Waals surface area contributed by atoms with Crippen molar-refractivity contribution in [2.75, 3.05) is 0 Å². The zero-order chi connectivity index (χ0) is 20.3. The molecule has 3 rings (SSSR count). The number of nitrogens with zero attached hydrogens (tertiary/aromatic N) is 2. The minimum Gasteiger partial charge on any atom is -0.334 e. The van der Waals surface area contributed by atoms with Gasteiger partial charge in [0.25, 0.3) is 0 Å².